The number of ether oxygens (including phenoxy) is 1. The minimum atomic E-state index is -1.06. The van der Waals surface area contributed by atoms with Gasteiger partial charge >= 0.3 is 0 Å². The zero-order chi connectivity index (χ0) is 15.7. The molecule has 1 aliphatic heterocycles. The van der Waals surface area contributed by atoms with E-state index in [2.05, 4.69) is 5.32 Å². The van der Waals surface area contributed by atoms with Crippen molar-refractivity contribution >= 4 is 11.8 Å². The maximum absolute atomic E-state index is 13.0. The van der Waals surface area contributed by atoms with Crippen molar-refractivity contribution in [3.8, 4) is 5.75 Å². The summed E-state index contributed by atoms with van der Waals surface area (Å²) in [6, 6.07) is 5.63. The summed E-state index contributed by atoms with van der Waals surface area (Å²) in [6.45, 7) is 1.23. The van der Waals surface area contributed by atoms with E-state index < -0.39 is 5.54 Å². The molecule has 1 aliphatic carbocycles. The van der Waals surface area contributed by atoms with Gasteiger partial charge in [0.15, 0.2) is 0 Å². The second-order valence-electron chi connectivity index (χ2n) is 5.89. The first-order valence-electron chi connectivity index (χ1n) is 7.57. The summed E-state index contributed by atoms with van der Waals surface area (Å²) < 4.78 is 5.37. The Bertz CT molecular complexity index is 617. The van der Waals surface area contributed by atoms with Gasteiger partial charge in [0.1, 0.15) is 11.3 Å². The van der Waals surface area contributed by atoms with Crippen LogP contribution in [-0.2, 0) is 21.5 Å². The molecule has 1 unspecified atom stereocenters. The van der Waals surface area contributed by atoms with Gasteiger partial charge in [-0.15, -0.1) is 0 Å². The average Bonchev–Trinajstić information content (AvgIpc) is 2.73. The third-order valence-electron chi connectivity index (χ3n) is 4.53. The maximum atomic E-state index is 13.0. The Labute approximate surface area is 129 Å². The van der Waals surface area contributed by atoms with E-state index in [4.69, 9.17) is 10.5 Å². The van der Waals surface area contributed by atoms with E-state index in [-0.39, 0.29) is 18.4 Å². The van der Waals surface area contributed by atoms with Gasteiger partial charge in [0, 0.05) is 13.1 Å². The molecule has 6 nitrogen and oxygen atoms in total. The molecule has 3 rings (SSSR count). The Kier molecular flexibility index (Phi) is 3.78. The van der Waals surface area contributed by atoms with Gasteiger partial charge in [-0.25, -0.2) is 0 Å². The van der Waals surface area contributed by atoms with Crippen molar-refractivity contribution in [1.29, 1.82) is 0 Å². The predicted octanol–water partition coefficient (Wildman–Crippen LogP) is 0.144. The number of hydrogen-bond donors (Lipinski definition) is 2. The highest BCUT2D eigenvalue weighted by molar-refractivity contribution is 5.92. The number of nitrogens with one attached hydrogen (secondary N) is 1. The van der Waals surface area contributed by atoms with E-state index in [1.54, 1.807) is 12.0 Å². The second kappa shape index (κ2) is 5.61. The number of hydrogen-bond acceptors (Lipinski definition) is 4. The number of carbonyl (C=O) groups excluding carboxylic acids is 2. The molecule has 1 fully saturated rings. The van der Waals surface area contributed by atoms with Gasteiger partial charge in [0.25, 0.3) is 0 Å². The van der Waals surface area contributed by atoms with Crippen molar-refractivity contribution in [2.24, 2.45) is 5.73 Å². The monoisotopic (exact) mass is 303 g/mol. The lowest BCUT2D eigenvalue weighted by atomic mass is 9.91. The fourth-order valence-electron chi connectivity index (χ4n) is 3.37. The van der Waals surface area contributed by atoms with Gasteiger partial charge in [-0.05, 0) is 36.5 Å². The molecule has 2 amide bonds. The summed E-state index contributed by atoms with van der Waals surface area (Å²) in [7, 11) is 1.62. The quantitative estimate of drug-likeness (QED) is 0.814. The Morgan fingerprint density at radius 1 is 1.45 bits per heavy atom. The number of fused-ring (bicyclic) bond motifs is 1. The smallest absolute Gasteiger partial charge is 0.247 e. The van der Waals surface area contributed by atoms with Crippen molar-refractivity contribution < 1.29 is 14.3 Å². The Hall–Kier alpha value is -2.08. The Balaban J connectivity index is 1.92. The average molecular weight is 303 g/mol. The number of amides is 2. The summed E-state index contributed by atoms with van der Waals surface area (Å²) in [4.78, 5) is 26.2. The first-order valence-corrected chi connectivity index (χ1v) is 7.57. The standard InChI is InChI=1S/C16H21N3O3/c1-22-13-5-2-4-12-11(13)6-7-16(12,17)15(21)19-9-3-8-18-14(20)10-19/h2,4-5H,3,6-10,17H2,1H3,(H,18,20). The summed E-state index contributed by atoms with van der Waals surface area (Å²) in [5.74, 6) is 0.473. The zero-order valence-corrected chi connectivity index (χ0v) is 12.7. The molecule has 6 heteroatoms. The van der Waals surface area contributed by atoms with Crippen molar-refractivity contribution in [1.82, 2.24) is 10.2 Å². The Morgan fingerprint density at radius 3 is 3.05 bits per heavy atom. The normalized spacial score (nSPS) is 24.5. The summed E-state index contributed by atoms with van der Waals surface area (Å²) in [5.41, 5.74) is 7.25. The van der Waals surface area contributed by atoms with Gasteiger partial charge in [-0.3, -0.25) is 9.59 Å². The second-order valence-corrected chi connectivity index (χ2v) is 5.89. The third kappa shape index (κ3) is 2.33. The first kappa shape index (κ1) is 14.8. The number of methoxy groups -OCH3 is 1. The molecule has 0 radical (unpaired) electrons. The summed E-state index contributed by atoms with van der Waals surface area (Å²) in [6.07, 6.45) is 2.00. The van der Waals surface area contributed by atoms with E-state index in [1.807, 2.05) is 18.2 Å². The van der Waals surface area contributed by atoms with Gasteiger partial charge < -0.3 is 20.7 Å². The molecule has 0 aromatic heterocycles. The molecule has 1 saturated heterocycles. The van der Waals surface area contributed by atoms with Crippen LogP contribution in [-0.4, -0.2) is 43.5 Å². The molecule has 3 N–H and O–H groups in total. The van der Waals surface area contributed by atoms with E-state index in [9.17, 15) is 9.59 Å². The van der Waals surface area contributed by atoms with Crippen LogP contribution in [0.3, 0.4) is 0 Å². The van der Waals surface area contributed by atoms with Crippen LogP contribution in [0, 0.1) is 0 Å². The number of nitrogens with two attached hydrogens (primary N) is 1. The van der Waals surface area contributed by atoms with Crippen LogP contribution in [0.1, 0.15) is 24.0 Å². The van der Waals surface area contributed by atoms with Crippen LogP contribution in [0.25, 0.3) is 0 Å². The highest BCUT2D eigenvalue weighted by Crippen LogP contribution is 2.40. The molecule has 0 bridgehead atoms. The predicted molar refractivity (Wildman–Crippen MR) is 81.4 cm³/mol. The molecule has 1 atom stereocenters. The lowest BCUT2D eigenvalue weighted by Crippen LogP contribution is -2.53. The maximum Gasteiger partial charge on any atom is 0.247 e. The highest BCUT2D eigenvalue weighted by atomic mass is 16.5. The lowest BCUT2D eigenvalue weighted by Gasteiger charge is -2.31. The molecule has 1 aromatic rings. The minimum absolute atomic E-state index is 0.0804. The van der Waals surface area contributed by atoms with Crippen LogP contribution >= 0.6 is 0 Å². The van der Waals surface area contributed by atoms with Crippen molar-refractivity contribution in [2.45, 2.75) is 24.8 Å². The number of benzene rings is 1. The molecular formula is C16H21N3O3. The van der Waals surface area contributed by atoms with Crippen LogP contribution in [0.2, 0.25) is 0 Å². The van der Waals surface area contributed by atoms with Crippen LogP contribution < -0.4 is 15.8 Å². The molecule has 118 valence electrons. The molecule has 1 aromatic carbocycles. The fraction of sp³-hybridized carbons (Fsp3) is 0.500. The van der Waals surface area contributed by atoms with Crippen LogP contribution in [0.5, 0.6) is 5.75 Å². The van der Waals surface area contributed by atoms with E-state index in [0.29, 0.717) is 25.9 Å². The van der Waals surface area contributed by atoms with E-state index in [1.165, 1.54) is 0 Å². The lowest BCUT2D eigenvalue weighted by molar-refractivity contribution is -0.140. The fourth-order valence-corrected chi connectivity index (χ4v) is 3.37. The molecule has 0 saturated carbocycles. The molecule has 22 heavy (non-hydrogen) atoms. The van der Waals surface area contributed by atoms with Crippen molar-refractivity contribution in [3.05, 3.63) is 29.3 Å². The first-order chi connectivity index (χ1) is 10.6. The molecule has 2 aliphatic rings. The summed E-state index contributed by atoms with van der Waals surface area (Å²) >= 11 is 0. The largest absolute Gasteiger partial charge is 0.496 e. The molecular weight excluding hydrogens is 282 g/mol. The van der Waals surface area contributed by atoms with Crippen molar-refractivity contribution in [2.75, 3.05) is 26.7 Å². The summed E-state index contributed by atoms with van der Waals surface area (Å²) in [5, 5.41) is 2.78. The SMILES string of the molecule is COc1cccc2c1CCC2(N)C(=O)N1CCCNC(=O)C1. The zero-order valence-electron chi connectivity index (χ0n) is 12.7. The van der Waals surface area contributed by atoms with Crippen molar-refractivity contribution in [3.63, 3.8) is 0 Å². The highest BCUT2D eigenvalue weighted by Gasteiger charge is 2.45. The third-order valence-corrected chi connectivity index (χ3v) is 4.53. The van der Waals surface area contributed by atoms with Crippen LogP contribution in [0.4, 0.5) is 0 Å². The molecule has 1 heterocycles. The van der Waals surface area contributed by atoms with Gasteiger partial charge in [-0.2, -0.15) is 0 Å². The van der Waals surface area contributed by atoms with E-state index >= 15 is 0 Å². The minimum Gasteiger partial charge on any atom is -0.496 e. The van der Waals surface area contributed by atoms with Gasteiger partial charge in [0.2, 0.25) is 11.8 Å². The Morgan fingerprint density at radius 2 is 2.27 bits per heavy atom. The number of carbonyl (C=O) groups is 2. The van der Waals surface area contributed by atoms with Gasteiger partial charge in [-0.1, -0.05) is 12.1 Å². The molecule has 0 spiro atoms. The topological polar surface area (TPSA) is 84.7 Å². The van der Waals surface area contributed by atoms with Crippen LogP contribution in [0.15, 0.2) is 18.2 Å². The number of rotatable bonds is 2. The van der Waals surface area contributed by atoms with Gasteiger partial charge in [0.05, 0.1) is 13.7 Å². The van der Waals surface area contributed by atoms with E-state index in [0.717, 1.165) is 23.3 Å². The number of nitrogens with zero attached hydrogens (tertiary/aromatic N) is 1.